The molecule has 6 aromatic carbocycles. The smallest absolute Gasteiger partial charge is 0.322 e. The molecule has 3 heterocycles. The maximum Gasteiger partial charge on any atom is 0.322 e. The van der Waals surface area contributed by atoms with Gasteiger partial charge in [-0.15, -0.1) is 0 Å². The van der Waals surface area contributed by atoms with Gasteiger partial charge >= 0.3 is 6.85 Å². The molecule has 2 aliphatic rings. The van der Waals surface area contributed by atoms with Crippen LogP contribution in [-0.2, 0) is 0 Å². The van der Waals surface area contributed by atoms with Crippen LogP contribution in [0.15, 0.2) is 176 Å². The molecule has 0 radical (unpaired) electrons. The van der Waals surface area contributed by atoms with E-state index in [4.69, 9.17) is 4.98 Å². The molecule has 0 saturated carbocycles. The fraction of sp³-hybridized carbons (Fsp3) is 0. The highest BCUT2D eigenvalue weighted by Crippen LogP contribution is 2.45. The first-order valence-electron chi connectivity index (χ1n) is 15.8. The molecule has 3 heteroatoms. The lowest BCUT2D eigenvalue weighted by Crippen LogP contribution is -2.49. The van der Waals surface area contributed by atoms with Gasteiger partial charge in [0.15, 0.2) is 0 Å². The maximum absolute atomic E-state index is 5.27. The first kappa shape index (κ1) is 26.5. The summed E-state index contributed by atoms with van der Waals surface area (Å²) in [5, 5.41) is 2.53. The van der Waals surface area contributed by atoms with Gasteiger partial charge in [0.05, 0.1) is 11.4 Å². The predicted molar refractivity (Wildman–Crippen MR) is 195 cm³/mol. The lowest BCUT2D eigenvalue weighted by atomic mass is 9.47. The third kappa shape index (κ3) is 4.40. The van der Waals surface area contributed by atoms with Crippen LogP contribution in [0.3, 0.4) is 0 Å². The van der Waals surface area contributed by atoms with E-state index < -0.39 is 0 Å². The van der Waals surface area contributed by atoms with Crippen LogP contribution in [0, 0.1) is 0 Å². The number of aromatic nitrogens is 1. The highest BCUT2D eigenvalue weighted by molar-refractivity contribution is 6.86. The van der Waals surface area contributed by atoms with Gasteiger partial charge in [-0.1, -0.05) is 146 Å². The Morgan fingerprint density at radius 1 is 0.500 bits per heavy atom. The summed E-state index contributed by atoms with van der Waals surface area (Å²) in [4.78, 5) is 7.71. The van der Waals surface area contributed by atoms with Gasteiger partial charge in [-0.3, -0.25) is 0 Å². The largest absolute Gasteiger partial charge is 0.383 e. The quantitative estimate of drug-likeness (QED) is 0.192. The monoisotopic (exact) mass is 584 g/mol. The molecule has 9 rings (SSSR count). The van der Waals surface area contributed by atoms with Crippen molar-refractivity contribution in [1.29, 1.82) is 0 Å². The SMILES string of the molecule is C1=CN2B(C=C1c1cc(-c3ccccc3)cc(-c3ccccc3)n1)c1c(ccc3ccccc13)-c1c(-c3ccccc3)cccc12. The van der Waals surface area contributed by atoms with E-state index in [0.717, 1.165) is 28.1 Å². The van der Waals surface area contributed by atoms with Crippen LogP contribution < -0.4 is 10.3 Å². The van der Waals surface area contributed by atoms with E-state index in [1.165, 1.54) is 49.7 Å². The third-order valence-electron chi connectivity index (χ3n) is 9.29. The Morgan fingerprint density at radius 2 is 1.17 bits per heavy atom. The highest BCUT2D eigenvalue weighted by atomic mass is 15.1. The summed E-state index contributed by atoms with van der Waals surface area (Å²) in [6, 6.07) is 56.4. The molecule has 0 bridgehead atoms. The van der Waals surface area contributed by atoms with Gasteiger partial charge in [-0.05, 0) is 80.1 Å². The Hall–Kier alpha value is -5.93. The number of nitrogens with zero attached hydrogens (tertiary/aromatic N) is 2. The van der Waals surface area contributed by atoms with Crippen LogP contribution in [0.1, 0.15) is 5.69 Å². The van der Waals surface area contributed by atoms with E-state index in [1.54, 1.807) is 0 Å². The van der Waals surface area contributed by atoms with Crippen LogP contribution in [-0.4, -0.2) is 11.8 Å². The van der Waals surface area contributed by atoms with Crippen molar-refractivity contribution in [3.8, 4) is 44.6 Å². The van der Waals surface area contributed by atoms with Crippen LogP contribution in [0.4, 0.5) is 5.69 Å². The molecule has 0 spiro atoms. The zero-order valence-electron chi connectivity index (χ0n) is 25.2. The second-order valence-electron chi connectivity index (χ2n) is 12.0. The standard InChI is InChI=1S/C43H29BN2/c1-4-13-30(14-5-1)35-27-39(33-18-8-3-9-19-33)45-40(28-35)34-25-26-46-41-22-12-21-36(31-15-6-2-7-16-31)42(41)38-24-23-32-17-10-11-20-37(32)43(38)44(46)29-34/h1-29H. The highest BCUT2D eigenvalue weighted by Gasteiger charge is 2.37. The lowest BCUT2D eigenvalue weighted by Gasteiger charge is -2.38. The molecule has 0 unspecified atom stereocenters. The molecule has 1 aromatic heterocycles. The Morgan fingerprint density at radius 3 is 1.96 bits per heavy atom. The van der Waals surface area contributed by atoms with Crippen molar-refractivity contribution in [1.82, 2.24) is 4.98 Å². The fourth-order valence-corrected chi connectivity index (χ4v) is 7.14. The number of hydrogen-bond acceptors (Lipinski definition) is 2. The van der Waals surface area contributed by atoms with E-state index >= 15 is 0 Å². The molecule has 0 atom stereocenters. The molecule has 7 aromatic rings. The number of fused-ring (bicyclic) bond motifs is 8. The summed E-state index contributed by atoms with van der Waals surface area (Å²) < 4.78 is 0. The summed E-state index contributed by atoms with van der Waals surface area (Å²) in [6.45, 7) is 0.0157. The summed E-state index contributed by atoms with van der Waals surface area (Å²) in [7, 11) is 0. The zero-order valence-corrected chi connectivity index (χ0v) is 25.2. The molecule has 0 aliphatic carbocycles. The molecule has 2 nitrogen and oxygen atoms in total. The van der Waals surface area contributed by atoms with Gasteiger partial charge in [0.2, 0.25) is 0 Å². The average molecular weight is 585 g/mol. The van der Waals surface area contributed by atoms with Crippen molar-refractivity contribution >= 4 is 34.3 Å². The Labute approximate surface area is 269 Å². The molecule has 0 N–H and O–H groups in total. The van der Waals surface area contributed by atoms with Gasteiger partial charge < -0.3 is 4.81 Å². The van der Waals surface area contributed by atoms with Crippen LogP contribution >= 0.6 is 0 Å². The minimum Gasteiger partial charge on any atom is -0.383 e. The second kappa shape index (κ2) is 10.9. The summed E-state index contributed by atoms with van der Waals surface area (Å²) >= 11 is 0. The van der Waals surface area contributed by atoms with Crippen molar-refractivity contribution in [2.75, 3.05) is 4.81 Å². The average Bonchev–Trinajstić information content (AvgIpc) is 3.15. The van der Waals surface area contributed by atoms with Crippen molar-refractivity contribution in [3.63, 3.8) is 0 Å². The Bertz CT molecular complexity index is 2250. The Kier molecular flexibility index (Phi) is 6.28. The van der Waals surface area contributed by atoms with Gasteiger partial charge in [0.25, 0.3) is 0 Å². The minimum atomic E-state index is 0.0157. The van der Waals surface area contributed by atoms with E-state index in [0.29, 0.717) is 0 Å². The van der Waals surface area contributed by atoms with E-state index in [9.17, 15) is 0 Å². The van der Waals surface area contributed by atoms with Crippen molar-refractivity contribution in [2.24, 2.45) is 0 Å². The summed E-state index contributed by atoms with van der Waals surface area (Å²) in [6.07, 6.45) is 4.49. The molecular formula is C43H29BN2. The Balaban J connectivity index is 1.26. The molecule has 46 heavy (non-hydrogen) atoms. The molecule has 0 amide bonds. The third-order valence-corrected chi connectivity index (χ3v) is 9.29. The lowest BCUT2D eigenvalue weighted by molar-refractivity contribution is 1.27. The maximum atomic E-state index is 5.27. The summed E-state index contributed by atoms with van der Waals surface area (Å²) in [5.41, 5.74) is 14.1. The molecule has 2 aliphatic heterocycles. The molecule has 214 valence electrons. The van der Waals surface area contributed by atoms with Crippen LogP contribution in [0.5, 0.6) is 0 Å². The fourth-order valence-electron chi connectivity index (χ4n) is 7.14. The van der Waals surface area contributed by atoms with Crippen LogP contribution in [0.2, 0.25) is 0 Å². The first-order chi connectivity index (χ1) is 22.8. The number of allylic oxidation sites excluding steroid dienone is 2. The minimum absolute atomic E-state index is 0.0157. The molecular weight excluding hydrogens is 555 g/mol. The number of rotatable bonds is 4. The van der Waals surface area contributed by atoms with Crippen molar-refractivity contribution < 1.29 is 0 Å². The van der Waals surface area contributed by atoms with Crippen molar-refractivity contribution in [2.45, 2.75) is 0 Å². The number of benzene rings is 6. The van der Waals surface area contributed by atoms with E-state index in [1.807, 2.05) is 0 Å². The molecule has 0 saturated heterocycles. The van der Waals surface area contributed by atoms with Crippen molar-refractivity contribution in [3.05, 3.63) is 182 Å². The van der Waals surface area contributed by atoms with E-state index in [-0.39, 0.29) is 6.85 Å². The van der Waals surface area contributed by atoms with Gasteiger partial charge in [-0.25, -0.2) is 4.98 Å². The number of pyridine rings is 1. The predicted octanol–water partition coefficient (Wildman–Crippen LogP) is 10.1. The van der Waals surface area contributed by atoms with Gasteiger partial charge in [0.1, 0.15) is 0 Å². The molecule has 0 fully saturated rings. The normalized spacial score (nSPS) is 13.2. The van der Waals surface area contributed by atoms with E-state index in [2.05, 4.69) is 181 Å². The number of anilines is 1. The topological polar surface area (TPSA) is 16.1 Å². The second-order valence-corrected chi connectivity index (χ2v) is 12.0. The van der Waals surface area contributed by atoms with Crippen LogP contribution in [0.25, 0.3) is 61.0 Å². The van der Waals surface area contributed by atoms with Gasteiger partial charge in [0, 0.05) is 16.8 Å². The zero-order chi connectivity index (χ0) is 30.5. The van der Waals surface area contributed by atoms with Gasteiger partial charge in [-0.2, -0.15) is 0 Å². The first-order valence-corrected chi connectivity index (χ1v) is 15.8. The summed E-state index contributed by atoms with van der Waals surface area (Å²) in [5.74, 6) is 2.41. The number of hydrogen-bond donors (Lipinski definition) is 0.